The van der Waals surface area contributed by atoms with Gasteiger partial charge < -0.3 is 4.74 Å². The molecule has 16 heavy (non-hydrogen) atoms. The predicted octanol–water partition coefficient (Wildman–Crippen LogP) is 3.26. The van der Waals surface area contributed by atoms with Gasteiger partial charge in [0.1, 0.15) is 11.5 Å². The molecular formula is C14H16O2. The summed E-state index contributed by atoms with van der Waals surface area (Å²) < 4.78 is 5.73. The number of allylic oxidation sites excluding steroid dienone is 2. The monoisotopic (exact) mass is 216 g/mol. The van der Waals surface area contributed by atoms with Crippen LogP contribution in [0.5, 0.6) is 5.75 Å². The summed E-state index contributed by atoms with van der Waals surface area (Å²) in [5.41, 5.74) is 0.988. The molecule has 0 saturated carbocycles. The van der Waals surface area contributed by atoms with E-state index in [9.17, 15) is 4.79 Å². The smallest absolute Gasteiger partial charge is 0.137 e. The summed E-state index contributed by atoms with van der Waals surface area (Å²) in [6.07, 6.45) is 5.04. The second-order valence-corrected chi connectivity index (χ2v) is 4.13. The molecule has 2 nitrogen and oxygen atoms in total. The highest BCUT2D eigenvalue weighted by Crippen LogP contribution is 2.23. The predicted molar refractivity (Wildman–Crippen MR) is 63.4 cm³/mol. The van der Waals surface area contributed by atoms with Crippen molar-refractivity contribution in [3.8, 4) is 5.75 Å². The molecular weight excluding hydrogens is 200 g/mol. The van der Waals surface area contributed by atoms with Crippen LogP contribution in [0.2, 0.25) is 0 Å². The summed E-state index contributed by atoms with van der Waals surface area (Å²) in [6, 6.07) is 7.76. The van der Waals surface area contributed by atoms with E-state index in [-0.39, 0.29) is 0 Å². The lowest BCUT2D eigenvalue weighted by Gasteiger charge is -2.12. The molecule has 1 aromatic rings. The Kier molecular flexibility index (Phi) is 3.40. The Morgan fingerprint density at radius 2 is 2.06 bits per heavy atom. The fourth-order valence-corrected chi connectivity index (χ4v) is 1.87. The minimum atomic E-state index is 0.295. The quantitative estimate of drug-likeness (QED) is 0.665. The molecule has 0 aromatic heterocycles. The van der Waals surface area contributed by atoms with Gasteiger partial charge in [-0.2, -0.15) is 0 Å². The first kappa shape index (κ1) is 10.9. The first-order chi connectivity index (χ1) is 7.75. The number of rotatable bonds is 0. The average Bonchev–Trinajstić information content (AvgIpc) is 2.27. The second kappa shape index (κ2) is 4.97. The van der Waals surface area contributed by atoms with Crippen molar-refractivity contribution >= 4 is 5.78 Å². The van der Waals surface area contributed by atoms with Crippen molar-refractivity contribution in [3.05, 3.63) is 41.7 Å². The first-order valence-corrected chi connectivity index (χ1v) is 5.70. The van der Waals surface area contributed by atoms with Crippen molar-refractivity contribution in [2.75, 3.05) is 0 Å². The molecule has 0 unspecified atom stereocenters. The minimum absolute atomic E-state index is 0.295. The molecule has 0 N–H and O–H groups in total. The molecule has 84 valence electrons. The van der Waals surface area contributed by atoms with Crippen LogP contribution in [0.3, 0.4) is 0 Å². The van der Waals surface area contributed by atoms with Crippen LogP contribution < -0.4 is 4.74 Å². The molecule has 1 aliphatic heterocycles. The average molecular weight is 216 g/mol. The van der Waals surface area contributed by atoms with Crippen LogP contribution >= 0.6 is 0 Å². The Balaban J connectivity index is 2.31. The van der Waals surface area contributed by atoms with E-state index in [1.807, 2.05) is 31.2 Å². The summed E-state index contributed by atoms with van der Waals surface area (Å²) in [5, 5.41) is 0. The summed E-state index contributed by atoms with van der Waals surface area (Å²) in [6.45, 7) is 1.96. The third-order valence-electron chi connectivity index (χ3n) is 2.72. The maximum atomic E-state index is 11.7. The van der Waals surface area contributed by atoms with Gasteiger partial charge in [0.2, 0.25) is 0 Å². The number of fused-ring (bicyclic) bond motifs is 1. The van der Waals surface area contributed by atoms with Crippen LogP contribution in [0.1, 0.15) is 31.7 Å². The zero-order valence-electron chi connectivity index (χ0n) is 9.53. The Morgan fingerprint density at radius 1 is 1.25 bits per heavy atom. The van der Waals surface area contributed by atoms with E-state index >= 15 is 0 Å². The molecule has 2 heteroatoms. The van der Waals surface area contributed by atoms with Gasteiger partial charge in [0.15, 0.2) is 0 Å². The van der Waals surface area contributed by atoms with Crippen LogP contribution in [-0.2, 0) is 11.2 Å². The van der Waals surface area contributed by atoms with E-state index in [2.05, 4.69) is 6.08 Å². The molecule has 0 aliphatic carbocycles. The van der Waals surface area contributed by atoms with E-state index in [0.29, 0.717) is 18.6 Å². The Morgan fingerprint density at radius 3 is 2.94 bits per heavy atom. The number of para-hydroxylation sites is 1. The molecule has 0 atom stereocenters. The SMILES string of the molecule is C/C1=C/CCCC(=O)Cc2ccccc2O1. The van der Waals surface area contributed by atoms with Crippen molar-refractivity contribution in [3.63, 3.8) is 0 Å². The van der Waals surface area contributed by atoms with Crippen molar-refractivity contribution in [1.82, 2.24) is 0 Å². The molecule has 2 rings (SSSR count). The fourth-order valence-electron chi connectivity index (χ4n) is 1.87. The van der Waals surface area contributed by atoms with E-state index in [0.717, 1.165) is 29.9 Å². The third-order valence-corrected chi connectivity index (χ3v) is 2.72. The number of ketones is 1. The molecule has 0 amide bonds. The molecule has 1 aliphatic rings. The van der Waals surface area contributed by atoms with E-state index in [4.69, 9.17) is 4.74 Å². The fraction of sp³-hybridized carbons (Fsp3) is 0.357. The van der Waals surface area contributed by atoms with Crippen LogP contribution in [-0.4, -0.2) is 5.78 Å². The molecule has 0 fully saturated rings. The van der Waals surface area contributed by atoms with Gasteiger partial charge in [-0.25, -0.2) is 0 Å². The molecule has 0 bridgehead atoms. The van der Waals surface area contributed by atoms with Gasteiger partial charge in [-0.05, 0) is 31.9 Å². The minimum Gasteiger partial charge on any atom is -0.462 e. The van der Waals surface area contributed by atoms with E-state index in [1.165, 1.54) is 0 Å². The number of Topliss-reactive ketones (excluding diaryl/α,β-unsaturated/α-hetero) is 1. The third kappa shape index (κ3) is 2.72. The lowest BCUT2D eigenvalue weighted by atomic mass is 10.0. The number of hydrogen-bond acceptors (Lipinski definition) is 2. The number of ether oxygens (including phenoxy) is 1. The van der Waals surface area contributed by atoms with Gasteiger partial charge in [-0.1, -0.05) is 18.2 Å². The Labute approximate surface area is 95.9 Å². The normalized spacial score (nSPS) is 20.3. The van der Waals surface area contributed by atoms with Crippen LogP contribution in [0, 0.1) is 0 Å². The Hall–Kier alpha value is -1.57. The molecule has 0 spiro atoms. The van der Waals surface area contributed by atoms with Gasteiger partial charge in [-0.15, -0.1) is 0 Å². The van der Waals surface area contributed by atoms with Crippen molar-refractivity contribution in [2.45, 2.75) is 32.6 Å². The van der Waals surface area contributed by atoms with Gasteiger partial charge in [0.05, 0.1) is 5.76 Å². The number of hydrogen-bond donors (Lipinski definition) is 0. The first-order valence-electron chi connectivity index (χ1n) is 5.70. The highest BCUT2D eigenvalue weighted by Gasteiger charge is 2.10. The van der Waals surface area contributed by atoms with Crippen LogP contribution in [0.25, 0.3) is 0 Å². The number of carbonyl (C=O) groups excluding carboxylic acids is 1. The number of carbonyl (C=O) groups is 1. The Bertz CT molecular complexity index is 418. The van der Waals surface area contributed by atoms with Gasteiger partial charge in [0, 0.05) is 18.4 Å². The molecule has 1 heterocycles. The summed E-state index contributed by atoms with van der Waals surface area (Å²) in [5.74, 6) is 2.03. The van der Waals surface area contributed by atoms with Gasteiger partial charge in [0.25, 0.3) is 0 Å². The number of benzene rings is 1. The van der Waals surface area contributed by atoms with E-state index < -0.39 is 0 Å². The topological polar surface area (TPSA) is 26.3 Å². The van der Waals surface area contributed by atoms with Crippen molar-refractivity contribution < 1.29 is 9.53 Å². The summed E-state index contributed by atoms with van der Waals surface area (Å²) in [4.78, 5) is 11.7. The standard InChI is InChI=1S/C14H16O2/c1-11-6-2-4-8-13(15)10-12-7-3-5-9-14(12)16-11/h3,5-7,9H,2,4,8,10H2,1H3/b11-6-. The maximum absolute atomic E-state index is 11.7. The van der Waals surface area contributed by atoms with Crippen LogP contribution in [0.4, 0.5) is 0 Å². The largest absolute Gasteiger partial charge is 0.462 e. The van der Waals surface area contributed by atoms with Gasteiger partial charge >= 0.3 is 0 Å². The lowest BCUT2D eigenvalue weighted by molar-refractivity contribution is -0.118. The zero-order chi connectivity index (χ0) is 11.4. The zero-order valence-corrected chi connectivity index (χ0v) is 9.53. The lowest BCUT2D eigenvalue weighted by Crippen LogP contribution is -2.06. The van der Waals surface area contributed by atoms with Crippen molar-refractivity contribution in [2.24, 2.45) is 0 Å². The summed E-state index contributed by atoms with van der Waals surface area (Å²) in [7, 11) is 0. The molecule has 0 saturated heterocycles. The van der Waals surface area contributed by atoms with E-state index in [1.54, 1.807) is 0 Å². The van der Waals surface area contributed by atoms with Crippen LogP contribution in [0.15, 0.2) is 36.1 Å². The molecule has 1 aromatic carbocycles. The molecule has 0 radical (unpaired) electrons. The highest BCUT2D eigenvalue weighted by atomic mass is 16.5. The summed E-state index contributed by atoms with van der Waals surface area (Å²) >= 11 is 0. The second-order valence-electron chi connectivity index (χ2n) is 4.13. The van der Waals surface area contributed by atoms with Gasteiger partial charge in [-0.3, -0.25) is 4.79 Å². The highest BCUT2D eigenvalue weighted by molar-refractivity contribution is 5.81. The maximum Gasteiger partial charge on any atom is 0.137 e. The van der Waals surface area contributed by atoms with Crippen molar-refractivity contribution in [1.29, 1.82) is 0 Å².